The van der Waals surface area contributed by atoms with Gasteiger partial charge in [0, 0.05) is 50.4 Å². The van der Waals surface area contributed by atoms with Crippen LogP contribution in [0.4, 0.5) is 17.1 Å². The van der Waals surface area contributed by atoms with Gasteiger partial charge in [0.05, 0.1) is 16.2 Å². The molecular formula is C12H18N4O4. The maximum Gasteiger partial charge on any atom is 0.273 e. The molecule has 1 aromatic rings. The number of anilines is 2. The quantitative estimate of drug-likeness (QED) is 0.358. The van der Waals surface area contributed by atoms with Crippen molar-refractivity contribution >= 4 is 17.1 Å². The van der Waals surface area contributed by atoms with E-state index in [-0.39, 0.29) is 5.69 Å². The molecule has 8 heteroatoms. The number of nitro groups is 1. The van der Waals surface area contributed by atoms with Crippen molar-refractivity contribution in [3.63, 3.8) is 0 Å². The fraction of sp³-hybridized carbons (Fsp3) is 0.500. The van der Waals surface area contributed by atoms with Gasteiger partial charge >= 0.3 is 0 Å². The van der Waals surface area contributed by atoms with Gasteiger partial charge in [0.1, 0.15) is 0 Å². The zero-order valence-electron chi connectivity index (χ0n) is 11.0. The van der Waals surface area contributed by atoms with Gasteiger partial charge in [-0.15, -0.1) is 0 Å². The Labute approximate surface area is 116 Å². The summed E-state index contributed by atoms with van der Waals surface area (Å²) in [5.41, 5.74) is 2.43. The monoisotopic (exact) mass is 282 g/mol. The number of hydrogen-bond acceptors (Lipinski definition) is 7. The fourth-order valence-corrected chi connectivity index (χ4v) is 2.10. The smallest absolute Gasteiger partial charge is 0.273 e. The van der Waals surface area contributed by atoms with Crippen LogP contribution in [0, 0.1) is 10.1 Å². The van der Waals surface area contributed by atoms with Gasteiger partial charge in [0.25, 0.3) is 5.69 Å². The molecule has 0 radical (unpaired) electrons. The molecule has 1 aliphatic heterocycles. The molecule has 110 valence electrons. The highest BCUT2D eigenvalue weighted by Gasteiger charge is 2.29. The number of nitrogens with two attached hydrogens (primary N) is 1. The Morgan fingerprint density at radius 1 is 1.35 bits per heavy atom. The number of hydrogen-bond donors (Lipinski definition) is 4. The van der Waals surface area contributed by atoms with Gasteiger partial charge in [-0.3, -0.25) is 16.0 Å². The number of benzene rings is 1. The lowest BCUT2D eigenvalue weighted by Gasteiger charge is -2.32. The summed E-state index contributed by atoms with van der Waals surface area (Å²) in [6.07, 6.45) is 1.08. The standard InChI is InChI=1S/C12H18N4O4/c13-15-10-5-9(6-11(7-10)16(18)19)14-8-12(17)1-3-20-4-2-12/h5-7,14-15,17H,1-4,8,13H2. The Hall–Kier alpha value is -1.90. The topological polar surface area (TPSA) is 123 Å². The summed E-state index contributed by atoms with van der Waals surface area (Å²) in [6, 6.07) is 4.40. The van der Waals surface area contributed by atoms with E-state index in [9.17, 15) is 15.2 Å². The minimum atomic E-state index is -0.848. The number of hydrazine groups is 1. The van der Waals surface area contributed by atoms with Crippen LogP contribution in [0.3, 0.4) is 0 Å². The predicted molar refractivity (Wildman–Crippen MR) is 74.4 cm³/mol. The minimum absolute atomic E-state index is 0.0677. The van der Waals surface area contributed by atoms with Crippen molar-refractivity contribution in [2.24, 2.45) is 5.84 Å². The number of nitrogens with one attached hydrogen (secondary N) is 2. The number of nitro benzene ring substituents is 1. The molecule has 1 aliphatic rings. The highest BCUT2D eigenvalue weighted by atomic mass is 16.6. The third-order valence-electron chi connectivity index (χ3n) is 3.34. The summed E-state index contributed by atoms with van der Waals surface area (Å²) < 4.78 is 5.20. The average Bonchev–Trinajstić information content (AvgIpc) is 2.45. The Bertz CT molecular complexity index is 488. The van der Waals surface area contributed by atoms with Crippen LogP contribution in [0.5, 0.6) is 0 Å². The highest BCUT2D eigenvalue weighted by molar-refractivity contribution is 5.63. The molecule has 1 fully saturated rings. The molecule has 0 unspecified atom stereocenters. The first kappa shape index (κ1) is 14.5. The summed E-state index contributed by atoms with van der Waals surface area (Å²) in [4.78, 5) is 10.3. The average molecular weight is 282 g/mol. The van der Waals surface area contributed by atoms with E-state index < -0.39 is 10.5 Å². The first-order valence-corrected chi connectivity index (χ1v) is 6.32. The predicted octanol–water partition coefficient (Wildman–Crippen LogP) is 0.834. The molecule has 1 heterocycles. The molecule has 0 aliphatic carbocycles. The second kappa shape index (κ2) is 6.04. The Kier molecular flexibility index (Phi) is 4.38. The Balaban J connectivity index is 2.08. The molecule has 1 saturated heterocycles. The van der Waals surface area contributed by atoms with Crippen molar-refractivity contribution in [1.82, 2.24) is 0 Å². The maximum atomic E-state index is 10.8. The molecule has 5 N–H and O–H groups in total. The van der Waals surface area contributed by atoms with Crippen molar-refractivity contribution in [2.45, 2.75) is 18.4 Å². The Morgan fingerprint density at radius 3 is 2.60 bits per heavy atom. The van der Waals surface area contributed by atoms with E-state index in [1.807, 2.05) is 0 Å². The molecular weight excluding hydrogens is 264 g/mol. The van der Waals surface area contributed by atoms with E-state index >= 15 is 0 Å². The van der Waals surface area contributed by atoms with Crippen LogP contribution in [0.2, 0.25) is 0 Å². The van der Waals surface area contributed by atoms with E-state index in [2.05, 4.69) is 10.7 Å². The van der Waals surface area contributed by atoms with Gasteiger partial charge in [0.2, 0.25) is 0 Å². The lowest BCUT2D eigenvalue weighted by molar-refractivity contribution is -0.384. The lowest BCUT2D eigenvalue weighted by Crippen LogP contribution is -2.42. The lowest BCUT2D eigenvalue weighted by atomic mass is 9.94. The van der Waals surface area contributed by atoms with Gasteiger partial charge in [-0.25, -0.2) is 0 Å². The van der Waals surface area contributed by atoms with Crippen LogP contribution >= 0.6 is 0 Å². The third kappa shape index (κ3) is 3.56. The molecule has 20 heavy (non-hydrogen) atoms. The molecule has 0 aromatic heterocycles. The minimum Gasteiger partial charge on any atom is -0.388 e. The Morgan fingerprint density at radius 2 is 2.00 bits per heavy atom. The van der Waals surface area contributed by atoms with Crippen molar-refractivity contribution in [3.8, 4) is 0 Å². The van der Waals surface area contributed by atoms with Crippen LogP contribution in [0.25, 0.3) is 0 Å². The van der Waals surface area contributed by atoms with Crippen molar-refractivity contribution in [1.29, 1.82) is 0 Å². The van der Waals surface area contributed by atoms with E-state index in [1.165, 1.54) is 12.1 Å². The van der Waals surface area contributed by atoms with Gasteiger partial charge in [0.15, 0.2) is 0 Å². The second-order valence-electron chi connectivity index (χ2n) is 4.86. The number of nitrogens with zero attached hydrogens (tertiary/aromatic N) is 1. The first-order valence-electron chi connectivity index (χ1n) is 6.32. The van der Waals surface area contributed by atoms with Gasteiger partial charge < -0.3 is 20.6 Å². The van der Waals surface area contributed by atoms with Crippen LogP contribution < -0.4 is 16.6 Å². The van der Waals surface area contributed by atoms with Crippen LogP contribution in [-0.2, 0) is 4.74 Å². The second-order valence-corrected chi connectivity index (χ2v) is 4.86. The summed E-state index contributed by atoms with van der Waals surface area (Å²) in [5.74, 6) is 5.29. The summed E-state index contributed by atoms with van der Waals surface area (Å²) >= 11 is 0. The van der Waals surface area contributed by atoms with Crippen LogP contribution in [0.15, 0.2) is 18.2 Å². The van der Waals surface area contributed by atoms with Crippen molar-refractivity contribution < 1.29 is 14.8 Å². The molecule has 0 saturated carbocycles. The molecule has 0 atom stereocenters. The van der Waals surface area contributed by atoms with Crippen LogP contribution in [0.1, 0.15) is 12.8 Å². The van der Waals surface area contributed by atoms with E-state index in [0.717, 1.165) is 0 Å². The molecule has 8 nitrogen and oxygen atoms in total. The molecule has 1 aromatic carbocycles. The van der Waals surface area contributed by atoms with Gasteiger partial charge in [-0.1, -0.05) is 0 Å². The fourth-order valence-electron chi connectivity index (χ4n) is 2.10. The number of rotatable bonds is 5. The summed E-state index contributed by atoms with van der Waals surface area (Å²) in [5, 5.41) is 24.2. The number of ether oxygens (including phenoxy) is 1. The highest BCUT2D eigenvalue weighted by Crippen LogP contribution is 2.26. The van der Waals surface area contributed by atoms with Gasteiger partial charge in [-0.05, 0) is 6.07 Å². The molecule has 0 bridgehead atoms. The summed E-state index contributed by atoms with van der Waals surface area (Å²) in [6.45, 7) is 1.34. The first-order chi connectivity index (χ1) is 9.52. The molecule has 0 amide bonds. The maximum absolute atomic E-state index is 10.8. The number of nitrogen functional groups attached to an aromatic ring is 1. The largest absolute Gasteiger partial charge is 0.388 e. The van der Waals surface area contributed by atoms with E-state index in [1.54, 1.807) is 6.07 Å². The van der Waals surface area contributed by atoms with E-state index in [4.69, 9.17) is 10.6 Å². The van der Waals surface area contributed by atoms with Crippen LogP contribution in [-0.4, -0.2) is 35.4 Å². The molecule has 2 rings (SSSR count). The normalized spacial score (nSPS) is 17.5. The van der Waals surface area contributed by atoms with Gasteiger partial charge in [-0.2, -0.15) is 0 Å². The number of aliphatic hydroxyl groups is 1. The van der Waals surface area contributed by atoms with E-state index in [0.29, 0.717) is 44.0 Å². The number of non-ortho nitro benzene ring substituents is 1. The SMILES string of the molecule is NNc1cc(NCC2(O)CCOCC2)cc([N+](=O)[O-])c1. The molecule has 0 spiro atoms. The third-order valence-corrected chi connectivity index (χ3v) is 3.34. The zero-order chi connectivity index (χ0) is 14.6. The van der Waals surface area contributed by atoms with Crippen molar-refractivity contribution in [3.05, 3.63) is 28.3 Å². The zero-order valence-corrected chi connectivity index (χ0v) is 11.0. The van der Waals surface area contributed by atoms with Crippen molar-refractivity contribution in [2.75, 3.05) is 30.5 Å². The summed E-state index contributed by atoms with van der Waals surface area (Å²) in [7, 11) is 0.